The predicted octanol–water partition coefficient (Wildman–Crippen LogP) is 2.31. The molecule has 3 aromatic rings. The SMILES string of the molecule is NC(CO)CC(Cc1ccc(-c2cc(Cl)ccc2F)cc1)NC(=O)c1cn[nH]n1. The van der Waals surface area contributed by atoms with E-state index in [1.54, 1.807) is 18.2 Å². The molecule has 152 valence electrons. The Kier molecular flexibility index (Phi) is 6.92. The molecule has 0 spiro atoms. The van der Waals surface area contributed by atoms with Crippen molar-refractivity contribution in [3.8, 4) is 11.1 Å². The summed E-state index contributed by atoms with van der Waals surface area (Å²) in [6.07, 6.45) is 2.19. The molecule has 0 radical (unpaired) electrons. The Hall–Kier alpha value is -2.81. The highest BCUT2D eigenvalue weighted by atomic mass is 35.5. The van der Waals surface area contributed by atoms with Crippen molar-refractivity contribution >= 4 is 17.5 Å². The first kappa shape index (κ1) is 20.9. The average Bonchev–Trinajstić information content (AvgIpc) is 3.25. The lowest BCUT2D eigenvalue weighted by Gasteiger charge is -2.21. The summed E-state index contributed by atoms with van der Waals surface area (Å²) in [7, 11) is 0. The van der Waals surface area contributed by atoms with Crippen LogP contribution in [-0.4, -0.2) is 45.1 Å². The number of benzene rings is 2. The van der Waals surface area contributed by atoms with Gasteiger partial charge in [-0.25, -0.2) is 4.39 Å². The van der Waals surface area contributed by atoms with Gasteiger partial charge in [0, 0.05) is 22.7 Å². The Bertz CT molecular complexity index is 950. The highest BCUT2D eigenvalue weighted by molar-refractivity contribution is 6.30. The van der Waals surface area contributed by atoms with Crippen LogP contribution in [0.2, 0.25) is 5.02 Å². The number of carbonyl (C=O) groups excluding carboxylic acids is 1. The van der Waals surface area contributed by atoms with E-state index in [-0.39, 0.29) is 30.1 Å². The Morgan fingerprint density at radius 1 is 1.28 bits per heavy atom. The number of amides is 1. The summed E-state index contributed by atoms with van der Waals surface area (Å²) in [4.78, 5) is 12.3. The van der Waals surface area contributed by atoms with E-state index in [4.69, 9.17) is 17.3 Å². The minimum absolute atomic E-state index is 0.166. The molecular formula is C20H21ClFN5O2. The quantitative estimate of drug-likeness (QED) is 0.448. The number of hydrogen-bond acceptors (Lipinski definition) is 5. The van der Waals surface area contributed by atoms with Crippen LogP contribution in [0.15, 0.2) is 48.7 Å². The van der Waals surface area contributed by atoms with Crippen molar-refractivity contribution in [2.45, 2.75) is 24.9 Å². The van der Waals surface area contributed by atoms with Crippen molar-refractivity contribution in [3.63, 3.8) is 0 Å². The Morgan fingerprint density at radius 2 is 2.03 bits per heavy atom. The average molecular weight is 418 g/mol. The molecule has 1 heterocycles. The van der Waals surface area contributed by atoms with Crippen LogP contribution in [0.5, 0.6) is 0 Å². The lowest BCUT2D eigenvalue weighted by atomic mass is 9.97. The summed E-state index contributed by atoms with van der Waals surface area (Å²) in [5.41, 5.74) is 8.07. The smallest absolute Gasteiger partial charge is 0.273 e. The molecule has 0 aliphatic heterocycles. The van der Waals surface area contributed by atoms with Crippen LogP contribution in [-0.2, 0) is 6.42 Å². The lowest BCUT2D eigenvalue weighted by molar-refractivity contribution is 0.0925. The van der Waals surface area contributed by atoms with Crippen molar-refractivity contribution in [1.29, 1.82) is 0 Å². The molecule has 7 nitrogen and oxygen atoms in total. The lowest BCUT2D eigenvalue weighted by Crippen LogP contribution is -2.42. The maximum atomic E-state index is 14.1. The first-order valence-electron chi connectivity index (χ1n) is 9.03. The second-order valence-electron chi connectivity index (χ2n) is 6.73. The van der Waals surface area contributed by atoms with Crippen molar-refractivity contribution < 1.29 is 14.3 Å². The summed E-state index contributed by atoms with van der Waals surface area (Å²) < 4.78 is 14.1. The first-order valence-corrected chi connectivity index (χ1v) is 9.41. The van der Waals surface area contributed by atoms with E-state index in [1.807, 2.05) is 12.1 Å². The van der Waals surface area contributed by atoms with Gasteiger partial charge in [0.2, 0.25) is 0 Å². The number of rotatable bonds is 8. The zero-order chi connectivity index (χ0) is 20.8. The van der Waals surface area contributed by atoms with Crippen LogP contribution < -0.4 is 11.1 Å². The number of nitrogens with one attached hydrogen (secondary N) is 2. The van der Waals surface area contributed by atoms with Gasteiger partial charge in [0.05, 0.1) is 12.8 Å². The van der Waals surface area contributed by atoms with Crippen LogP contribution in [0, 0.1) is 5.82 Å². The highest BCUT2D eigenvalue weighted by Crippen LogP contribution is 2.26. The van der Waals surface area contributed by atoms with Gasteiger partial charge in [-0.05, 0) is 42.2 Å². The predicted molar refractivity (Wildman–Crippen MR) is 108 cm³/mol. The number of aliphatic hydroxyl groups is 1. The van der Waals surface area contributed by atoms with E-state index in [2.05, 4.69) is 20.7 Å². The standard InChI is InChI=1S/C20H21ClFN5O2/c21-14-5-6-18(22)17(8-14)13-3-1-12(2-4-13)7-16(9-15(23)11-28)25-20(29)19-10-24-27-26-19/h1-6,8,10,15-16,28H,7,9,11,23H2,(H,25,29)(H,24,26,27). The van der Waals surface area contributed by atoms with Gasteiger partial charge < -0.3 is 16.2 Å². The molecule has 5 N–H and O–H groups in total. The third-order valence-electron chi connectivity index (χ3n) is 4.48. The maximum Gasteiger partial charge on any atom is 0.273 e. The fourth-order valence-electron chi connectivity index (χ4n) is 3.03. The minimum atomic E-state index is -0.475. The monoisotopic (exact) mass is 417 g/mol. The highest BCUT2D eigenvalue weighted by Gasteiger charge is 2.19. The maximum absolute atomic E-state index is 14.1. The summed E-state index contributed by atoms with van der Waals surface area (Å²) in [6, 6.07) is 10.9. The molecule has 9 heteroatoms. The fraction of sp³-hybridized carbons (Fsp3) is 0.250. The van der Waals surface area contributed by atoms with Gasteiger partial charge in [-0.2, -0.15) is 15.4 Å². The Labute approximate surface area is 172 Å². The third kappa shape index (κ3) is 5.60. The molecule has 0 saturated heterocycles. The molecule has 0 aliphatic carbocycles. The second kappa shape index (κ2) is 9.60. The van der Waals surface area contributed by atoms with E-state index >= 15 is 0 Å². The first-order chi connectivity index (χ1) is 14.0. The second-order valence-corrected chi connectivity index (χ2v) is 7.17. The third-order valence-corrected chi connectivity index (χ3v) is 4.72. The summed E-state index contributed by atoms with van der Waals surface area (Å²) >= 11 is 5.97. The topological polar surface area (TPSA) is 117 Å². The largest absolute Gasteiger partial charge is 0.395 e. The van der Waals surface area contributed by atoms with Gasteiger partial charge in [-0.3, -0.25) is 4.79 Å². The zero-order valence-electron chi connectivity index (χ0n) is 15.5. The molecule has 2 aromatic carbocycles. The van der Waals surface area contributed by atoms with E-state index in [0.717, 1.165) is 5.56 Å². The zero-order valence-corrected chi connectivity index (χ0v) is 16.2. The molecule has 2 atom stereocenters. The molecule has 3 rings (SSSR count). The van der Waals surface area contributed by atoms with Gasteiger partial charge in [-0.15, -0.1) is 0 Å². The Balaban J connectivity index is 1.74. The van der Waals surface area contributed by atoms with Gasteiger partial charge in [0.1, 0.15) is 5.82 Å². The van der Waals surface area contributed by atoms with E-state index in [9.17, 15) is 14.3 Å². The number of aliphatic hydroxyl groups excluding tert-OH is 1. The van der Waals surface area contributed by atoms with Crippen LogP contribution >= 0.6 is 11.6 Å². The molecule has 0 bridgehead atoms. The molecule has 2 unspecified atom stereocenters. The molecule has 0 fully saturated rings. The number of halogens is 2. The van der Waals surface area contributed by atoms with Crippen molar-refractivity contribution in [3.05, 3.63) is 70.8 Å². The van der Waals surface area contributed by atoms with Crippen molar-refractivity contribution in [2.24, 2.45) is 5.73 Å². The van der Waals surface area contributed by atoms with E-state index < -0.39 is 6.04 Å². The van der Waals surface area contributed by atoms with E-state index in [1.165, 1.54) is 18.3 Å². The molecule has 29 heavy (non-hydrogen) atoms. The van der Waals surface area contributed by atoms with Crippen LogP contribution in [0.1, 0.15) is 22.5 Å². The molecular weight excluding hydrogens is 397 g/mol. The molecule has 1 amide bonds. The van der Waals surface area contributed by atoms with Gasteiger partial charge in [0.15, 0.2) is 5.69 Å². The number of nitrogens with two attached hydrogens (primary N) is 1. The van der Waals surface area contributed by atoms with Crippen LogP contribution in [0.3, 0.4) is 0 Å². The Morgan fingerprint density at radius 3 is 2.69 bits per heavy atom. The van der Waals surface area contributed by atoms with E-state index in [0.29, 0.717) is 29.0 Å². The number of H-pyrrole nitrogens is 1. The fourth-order valence-corrected chi connectivity index (χ4v) is 3.20. The normalized spacial score (nSPS) is 13.1. The number of hydrogen-bond donors (Lipinski definition) is 4. The van der Waals surface area contributed by atoms with Crippen molar-refractivity contribution in [1.82, 2.24) is 20.7 Å². The molecule has 1 aromatic heterocycles. The number of aromatic nitrogens is 3. The number of nitrogens with zero attached hydrogens (tertiary/aromatic N) is 2. The molecule has 0 aliphatic rings. The van der Waals surface area contributed by atoms with Crippen LogP contribution in [0.25, 0.3) is 11.1 Å². The summed E-state index contributed by atoms with van der Waals surface area (Å²) in [5.74, 6) is -0.736. The van der Waals surface area contributed by atoms with Crippen molar-refractivity contribution in [2.75, 3.05) is 6.61 Å². The van der Waals surface area contributed by atoms with Gasteiger partial charge in [0.25, 0.3) is 5.91 Å². The van der Waals surface area contributed by atoms with Gasteiger partial charge in [-0.1, -0.05) is 35.9 Å². The molecule has 0 saturated carbocycles. The summed E-state index contributed by atoms with van der Waals surface area (Å²) in [6.45, 7) is -0.191. The minimum Gasteiger partial charge on any atom is -0.395 e. The number of aromatic amines is 1. The number of carbonyl (C=O) groups is 1. The van der Waals surface area contributed by atoms with Gasteiger partial charge >= 0.3 is 0 Å². The van der Waals surface area contributed by atoms with Crippen LogP contribution in [0.4, 0.5) is 4.39 Å². The summed E-state index contributed by atoms with van der Waals surface area (Å²) in [5, 5.41) is 22.4.